The zero-order chi connectivity index (χ0) is 14.3. The molecule has 1 fully saturated rings. The van der Waals surface area contributed by atoms with Crippen molar-refractivity contribution in [3.05, 3.63) is 36.0 Å². The maximum atomic E-state index is 5.93. The Bertz CT molecular complexity index is 678. The van der Waals surface area contributed by atoms with Crippen LogP contribution in [0.1, 0.15) is 32.3 Å². The van der Waals surface area contributed by atoms with Gasteiger partial charge < -0.3 is 10.6 Å². The molecule has 1 aliphatic rings. The van der Waals surface area contributed by atoms with Crippen LogP contribution in [-0.4, -0.2) is 22.1 Å². The van der Waals surface area contributed by atoms with E-state index in [0.717, 1.165) is 28.7 Å². The minimum atomic E-state index is 0.129. The van der Waals surface area contributed by atoms with Gasteiger partial charge in [0.2, 0.25) is 0 Å². The number of thiocarbonyl (C=S) groups is 1. The summed E-state index contributed by atoms with van der Waals surface area (Å²) in [5.74, 6) is 0. The van der Waals surface area contributed by atoms with Gasteiger partial charge in [-0.1, -0.05) is 30.4 Å². The van der Waals surface area contributed by atoms with Crippen LogP contribution in [0.25, 0.3) is 10.9 Å². The Morgan fingerprint density at radius 3 is 2.75 bits per heavy atom. The molecule has 0 amide bonds. The van der Waals surface area contributed by atoms with Gasteiger partial charge in [0, 0.05) is 23.7 Å². The van der Waals surface area contributed by atoms with Crippen LogP contribution in [0.3, 0.4) is 0 Å². The van der Waals surface area contributed by atoms with Gasteiger partial charge in [-0.2, -0.15) is 0 Å². The van der Waals surface area contributed by atoms with Crippen molar-refractivity contribution in [2.24, 2.45) is 5.73 Å². The summed E-state index contributed by atoms with van der Waals surface area (Å²) >= 11 is 5.23. The molecule has 2 aromatic rings. The summed E-state index contributed by atoms with van der Waals surface area (Å²) in [6, 6.07) is 8.19. The first-order valence-corrected chi connectivity index (χ1v) is 7.37. The van der Waals surface area contributed by atoms with E-state index < -0.39 is 0 Å². The van der Waals surface area contributed by atoms with E-state index in [9.17, 15) is 0 Å². The largest absolute Gasteiger partial charge is 0.389 e. The van der Waals surface area contributed by atoms with E-state index in [1.54, 1.807) is 0 Å². The number of aromatic nitrogens is 1. The van der Waals surface area contributed by atoms with Gasteiger partial charge in [-0.3, -0.25) is 4.98 Å². The van der Waals surface area contributed by atoms with Gasteiger partial charge in [-0.05, 0) is 32.8 Å². The topological polar surface area (TPSA) is 42.1 Å². The maximum Gasteiger partial charge on any atom is 0.107 e. The number of rotatable bonds is 2. The molecule has 1 aliphatic heterocycles. The van der Waals surface area contributed by atoms with Crippen molar-refractivity contribution in [3.8, 4) is 0 Å². The van der Waals surface area contributed by atoms with E-state index in [0.29, 0.717) is 4.99 Å². The smallest absolute Gasteiger partial charge is 0.107 e. The van der Waals surface area contributed by atoms with Crippen LogP contribution in [0.4, 0.5) is 5.69 Å². The summed E-state index contributed by atoms with van der Waals surface area (Å²) in [5.41, 5.74) is 9.07. The van der Waals surface area contributed by atoms with Crippen molar-refractivity contribution < 1.29 is 0 Å². The monoisotopic (exact) mass is 285 g/mol. The number of para-hydroxylation sites is 1. The highest BCUT2D eigenvalue weighted by Crippen LogP contribution is 2.39. The number of nitrogens with zero attached hydrogens (tertiary/aromatic N) is 2. The molecule has 1 aromatic carbocycles. The first-order valence-electron chi connectivity index (χ1n) is 6.96. The summed E-state index contributed by atoms with van der Waals surface area (Å²) in [4.78, 5) is 7.34. The molecule has 0 spiro atoms. The lowest BCUT2D eigenvalue weighted by Crippen LogP contribution is -2.39. The first kappa shape index (κ1) is 13.3. The average Bonchev–Trinajstić information content (AvgIpc) is 2.76. The Balaban J connectivity index is 2.30. The highest BCUT2D eigenvalue weighted by atomic mass is 32.1. The molecule has 104 valence electrons. The van der Waals surface area contributed by atoms with Gasteiger partial charge in [0.15, 0.2) is 0 Å². The minimum absolute atomic E-state index is 0.129. The van der Waals surface area contributed by atoms with Crippen molar-refractivity contribution in [1.82, 2.24) is 4.98 Å². The fraction of sp³-hybridized carbons (Fsp3) is 0.375. The standard InChI is InChI=1S/C16H19N3S/c1-16(2)8-5-9-19(16)14-11-6-3-4-7-13(11)18-10-12(14)15(17)20/h3-4,6-7,10H,5,8-9H2,1-2H3,(H2,17,20). The summed E-state index contributed by atoms with van der Waals surface area (Å²) < 4.78 is 0. The Kier molecular flexibility index (Phi) is 3.13. The third-order valence-electron chi connectivity index (χ3n) is 4.18. The van der Waals surface area contributed by atoms with Gasteiger partial charge in [-0.25, -0.2) is 0 Å². The third kappa shape index (κ3) is 2.04. The predicted octanol–water partition coefficient (Wildman–Crippen LogP) is 3.25. The normalized spacial score (nSPS) is 17.6. The molecule has 1 aromatic heterocycles. The van der Waals surface area contributed by atoms with Crippen molar-refractivity contribution in [3.63, 3.8) is 0 Å². The molecule has 0 radical (unpaired) electrons. The zero-order valence-electron chi connectivity index (χ0n) is 11.9. The van der Waals surface area contributed by atoms with Crippen LogP contribution in [0.15, 0.2) is 30.5 Å². The molecular formula is C16H19N3S. The van der Waals surface area contributed by atoms with Gasteiger partial charge in [0.1, 0.15) is 4.99 Å². The van der Waals surface area contributed by atoms with Crippen LogP contribution in [-0.2, 0) is 0 Å². The van der Waals surface area contributed by atoms with E-state index in [1.807, 2.05) is 24.4 Å². The number of nitrogens with two attached hydrogens (primary N) is 1. The van der Waals surface area contributed by atoms with Crippen molar-refractivity contribution in [2.75, 3.05) is 11.4 Å². The molecule has 2 heterocycles. The average molecular weight is 285 g/mol. The second kappa shape index (κ2) is 4.70. The molecule has 0 aliphatic carbocycles. The molecule has 20 heavy (non-hydrogen) atoms. The van der Waals surface area contributed by atoms with Gasteiger partial charge in [0.25, 0.3) is 0 Å². The van der Waals surface area contributed by atoms with Gasteiger partial charge in [0.05, 0.1) is 16.8 Å². The van der Waals surface area contributed by atoms with Crippen LogP contribution in [0, 0.1) is 0 Å². The highest BCUT2D eigenvalue weighted by molar-refractivity contribution is 7.80. The lowest BCUT2D eigenvalue weighted by molar-refractivity contribution is 0.519. The van der Waals surface area contributed by atoms with Gasteiger partial charge in [-0.15, -0.1) is 0 Å². The Morgan fingerprint density at radius 2 is 2.10 bits per heavy atom. The van der Waals surface area contributed by atoms with E-state index >= 15 is 0 Å². The number of pyridine rings is 1. The van der Waals surface area contributed by atoms with Crippen LogP contribution < -0.4 is 10.6 Å². The quantitative estimate of drug-likeness (QED) is 0.860. The molecule has 0 atom stereocenters. The third-order valence-corrected chi connectivity index (χ3v) is 4.40. The Morgan fingerprint density at radius 1 is 1.35 bits per heavy atom. The summed E-state index contributed by atoms with van der Waals surface area (Å²) in [5, 5.41) is 1.13. The maximum absolute atomic E-state index is 5.93. The van der Waals surface area contributed by atoms with Gasteiger partial charge >= 0.3 is 0 Å². The first-order chi connectivity index (χ1) is 9.50. The van der Waals surface area contributed by atoms with Crippen molar-refractivity contribution in [2.45, 2.75) is 32.2 Å². The molecule has 1 saturated heterocycles. The fourth-order valence-corrected chi connectivity index (χ4v) is 3.27. The van der Waals surface area contributed by atoms with Crippen LogP contribution >= 0.6 is 12.2 Å². The number of anilines is 1. The molecular weight excluding hydrogens is 266 g/mol. The van der Waals surface area contributed by atoms with Crippen molar-refractivity contribution in [1.29, 1.82) is 0 Å². The van der Waals surface area contributed by atoms with Crippen molar-refractivity contribution >= 4 is 33.8 Å². The summed E-state index contributed by atoms with van der Waals surface area (Å²) in [7, 11) is 0. The SMILES string of the molecule is CC1(C)CCCN1c1c(C(N)=S)cnc2ccccc12. The second-order valence-electron chi connectivity index (χ2n) is 5.97. The summed E-state index contributed by atoms with van der Waals surface area (Å²) in [6.45, 7) is 5.59. The Hall–Kier alpha value is -1.68. The molecule has 0 unspecified atom stereocenters. The Labute approximate surface area is 124 Å². The lowest BCUT2D eigenvalue weighted by Gasteiger charge is -2.35. The molecule has 0 bridgehead atoms. The minimum Gasteiger partial charge on any atom is -0.389 e. The number of hydrogen-bond acceptors (Lipinski definition) is 3. The molecule has 3 rings (SSSR count). The van der Waals surface area contributed by atoms with E-state index in [1.165, 1.54) is 12.8 Å². The molecule has 2 N–H and O–H groups in total. The number of hydrogen-bond donors (Lipinski definition) is 1. The zero-order valence-corrected chi connectivity index (χ0v) is 12.7. The van der Waals surface area contributed by atoms with Crippen LogP contribution in [0.5, 0.6) is 0 Å². The van der Waals surface area contributed by atoms with E-state index in [2.05, 4.69) is 29.8 Å². The highest BCUT2D eigenvalue weighted by Gasteiger charge is 2.34. The van der Waals surface area contributed by atoms with E-state index in [4.69, 9.17) is 18.0 Å². The van der Waals surface area contributed by atoms with E-state index in [-0.39, 0.29) is 5.54 Å². The number of benzene rings is 1. The number of fused-ring (bicyclic) bond motifs is 1. The molecule has 3 nitrogen and oxygen atoms in total. The predicted molar refractivity (Wildman–Crippen MR) is 88.3 cm³/mol. The summed E-state index contributed by atoms with van der Waals surface area (Å²) in [6.07, 6.45) is 4.19. The second-order valence-corrected chi connectivity index (χ2v) is 6.41. The van der Waals surface area contributed by atoms with Crippen LogP contribution in [0.2, 0.25) is 0 Å². The molecule has 4 heteroatoms. The molecule has 0 saturated carbocycles. The lowest BCUT2D eigenvalue weighted by atomic mass is 9.99. The fourth-order valence-electron chi connectivity index (χ4n) is 3.12.